The Bertz CT molecular complexity index is 707. The van der Waals surface area contributed by atoms with E-state index in [1.165, 1.54) is 6.07 Å². The molecule has 2 rings (SSSR count). The number of hydrogen-bond acceptors (Lipinski definition) is 6. The molecule has 1 aromatic rings. The van der Waals surface area contributed by atoms with Gasteiger partial charge in [-0.25, -0.2) is 18.5 Å². The van der Waals surface area contributed by atoms with Gasteiger partial charge in [0.05, 0.1) is 10.7 Å². The number of anilines is 1. The van der Waals surface area contributed by atoms with Crippen LogP contribution in [0, 0.1) is 16.0 Å². The maximum atomic E-state index is 12.0. The van der Waals surface area contributed by atoms with E-state index in [1.807, 2.05) is 0 Å². The van der Waals surface area contributed by atoms with E-state index in [1.54, 1.807) is 0 Å². The molecule has 114 valence electrons. The second-order valence-electron chi connectivity index (χ2n) is 4.66. The Hall–Kier alpha value is -1.78. The lowest BCUT2D eigenvalue weighted by atomic mass is 10.1. The SMILES string of the molecule is NS(=O)(=O)CC1CC(=O)N(c2cc(Cl)ncc2[N+](=O)[O-])C1. The number of primary sulfonamides is 1. The minimum atomic E-state index is -3.72. The van der Waals surface area contributed by atoms with E-state index in [2.05, 4.69) is 4.98 Å². The topological polar surface area (TPSA) is 136 Å². The Kier molecular flexibility index (Phi) is 4.12. The zero-order chi connectivity index (χ0) is 15.8. The fraction of sp³-hybridized carbons (Fsp3) is 0.400. The summed E-state index contributed by atoms with van der Waals surface area (Å²) in [7, 11) is -3.72. The molecule has 0 aromatic carbocycles. The minimum Gasteiger partial charge on any atom is -0.306 e. The lowest BCUT2D eigenvalue weighted by Crippen LogP contribution is -2.28. The number of aromatic nitrogens is 1. The first-order chi connectivity index (χ1) is 9.67. The van der Waals surface area contributed by atoms with Crippen LogP contribution in [-0.2, 0) is 14.8 Å². The smallest absolute Gasteiger partial charge is 0.306 e. The standard InChI is InChI=1S/C10H11ClN4O5S/c11-9-2-7(8(3-13-9)15(17)18)14-4-6(1-10(14)16)5-21(12,19)20/h2-3,6H,1,4-5H2,(H2,12,19,20). The number of rotatable bonds is 4. The van der Waals surface area contributed by atoms with Gasteiger partial charge in [0.25, 0.3) is 0 Å². The van der Waals surface area contributed by atoms with Crippen molar-refractivity contribution < 1.29 is 18.1 Å². The van der Waals surface area contributed by atoms with E-state index in [-0.39, 0.29) is 35.2 Å². The highest BCUT2D eigenvalue weighted by atomic mass is 35.5. The second kappa shape index (κ2) is 5.54. The molecule has 21 heavy (non-hydrogen) atoms. The molecule has 1 aliphatic heterocycles. The van der Waals surface area contributed by atoms with Crippen molar-refractivity contribution in [3.05, 3.63) is 27.5 Å². The van der Waals surface area contributed by atoms with E-state index in [0.717, 1.165) is 11.1 Å². The van der Waals surface area contributed by atoms with E-state index < -0.39 is 26.8 Å². The molecular formula is C10H11ClN4O5S. The third kappa shape index (κ3) is 3.65. The molecule has 2 heterocycles. The Morgan fingerprint density at radius 1 is 1.57 bits per heavy atom. The Labute approximate surface area is 124 Å². The lowest BCUT2D eigenvalue weighted by molar-refractivity contribution is -0.384. The van der Waals surface area contributed by atoms with Gasteiger partial charge in [-0.05, 0) is 0 Å². The van der Waals surface area contributed by atoms with Gasteiger partial charge >= 0.3 is 5.69 Å². The number of pyridine rings is 1. The van der Waals surface area contributed by atoms with Gasteiger partial charge in [-0.15, -0.1) is 0 Å². The summed E-state index contributed by atoms with van der Waals surface area (Å²) in [6.07, 6.45) is 0.908. The Morgan fingerprint density at radius 2 is 2.24 bits per heavy atom. The summed E-state index contributed by atoms with van der Waals surface area (Å²) in [6, 6.07) is 1.21. The number of amides is 1. The number of nitro groups is 1. The predicted molar refractivity (Wildman–Crippen MR) is 74.3 cm³/mol. The molecule has 11 heteroatoms. The third-order valence-electron chi connectivity index (χ3n) is 2.99. The molecule has 1 fully saturated rings. The average Bonchev–Trinajstić information content (AvgIpc) is 2.66. The number of nitrogens with two attached hydrogens (primary N) is 1. The summed E-state index contributed by atoms with van der Waals surface area (Å²) in [5, 5.41) is 15.9. The average molecular weight is 335 g/mol. The lowest BCUT2D eigenvalue weighted by Gasteiger charge is -2.16. The summed E-state index contributed by atoms with van der Waals surface area (Å²) < 4.78 is 22.1. The van der Waals surface area contributed by atoms with Crippen molar-refractivity contribution in [1.29, 1.82) is 0 Å². The number of carbonyl (C=O) groups excluding carboxylic acids is 1. The van der Waals surface area contributed by atoms with Gasteiger partial charge in [0.2, 0.25) is 15.9 Å². The first-order valence-corrected chi connectivity index (χ1v) is 7.87. The maximum absolute atomic E-state index is 12.0. The fourth-order valence-electron chi connectivity index (χ4n) is 2.22. The predicted octanol–water partition coefficient (Wildman–Crippen LogP) is 0.285. The highest BCUT2D eigenvalue weighted by Gasteiger charge is 2.36. The van der Waals surface area contributed by atoms with Crippen molar-refractivity contribution in [3.63, 3.8) is 0 Å². The van der Waals surface area contributed by atoms with Gasteiger partial charge in [0.1, 0.15) is 17.0 Å². The highest BCUT2D eigenvalue weighted by Crippen LogP contribution is 2.34. The first-order valence-electron chi connectivity index (χ1n) is 5.78. The Morgan fingerprint density at radius 3 is 2.81 bits per heavy atom. The van der Waals surface area contributed by atoms with Gasteiger partial charge in [-0.1, -0.05) is 11.6 Å². The Balaban J connectivity index is 2.33. The molecule has 0 aliphatic carbocycles. The van der Waals surface area contributed by atoms with Crippen molar-refractivity contribution in [1.82, 2.24) is 4.98 Å². The fourth-order valence-corrected chi connectivity index (χ4v) is 3.26. The first kappa shape index (κ1) is 15.6. The van der Waals surface area contributed by atoms with Crippen LogP contribution in [0.5, 0.6) is 0 Å². The molecule has 0 saturated carbocycles. The van der Waals surface area contributed by atoms with Crippen molar-refractivity contribution >= 4 is 38.9 Å². The molecule has 1 atom stereocenters. The number of sulfonamides is 1. The second-order valence-corrected chi connectivity index (χ2v) is 6.70. The molecule has 0 spiro atoms. The van der Waals surface area contributed by atoms with Crippen LogP contribution in [0.15, 0.2) is 12.3 Å². The summed E-state index contributed by atoms with van der Waals surface area (Å²) in [4.78, 5) is 27.0. The van der Waals surface area contributed by atoms with E-state index in [0.29, 0.717) is 0 Å². The van der Waals surface area contributed by atoms with Gasteiger partial charge in [0, 0.05) is 24.9 Å². The van der Waals surface area contributed by atoms with Gasteiger partial charge in [-0.2, -0.15) is 0 Å². The number of nitrogens with zero attached hydrogens (tertiary/aromatic N) is 3. The zero-order valence-corrected chi connectivity index (χ0v) is 12.2. The minimum absolute atomic E-state index is 0.00158. The number of hydrogen-bond donors (Lipinski definition) is 1. The number of halogens is 1. The van der Waals surface area contributed by atoms with Crippen LogP contribution in [0.1, 0.15) is 6.42 Å². The summed E-state index contributed by atoms with van der Waals surface area (Å²) >= 11 is 5.70. The maximum Gasteiger partial charge on any atom is 0.311 e. The van der Waals surface area contributed by atoms with Crippen LogP contribution < -0.4 is 10.0 Å². The molecule has 1 amide bonds. The van der Waals surface area contributed by atoms with Gasteiger partial charge in [-0.3, -0.25) is 14.9 Å². The van der Waals surface area contributed by atoms with Crippen LogP contribution in [0.25, 0.3) is 0 Å². The summed E-state index contributed by atoms with van der Waals surface area (Å²) in [6.45, 7) is 0.0243. The van der Waals surface area contributed by atoms with Crippen LogP contribution >= 0.6 is 11.6 Å². The summed E-state index contributed by atoms with van der Waals surface area (Å²) in [5.41, 5.74) is -0.370. The molecule has 1 aromatic heterocycles. The van der Waals surface area contributed by atoms with Crippen LogP contribution in [-0.4, -0.2) is 36.5 Å². The third-order valence-corrected chi connectivity index (χ3v) is 4.13. The van der Waals surface area contributed by atoms with Crippen LogP contribution in [0.3, 0.4) is 0 Å². The van der Waals surface area contributed by atoms with Gasteiger partial charge in [0.15, 0.2) is 0 Å². The monoisotopic (exact) mass is 334 g/mol. The van der Waals surface area contributed by atoms with Crippen molar-refractivity contribution in [3.8, 4) is 0 Å². The largest absolute Gasteiger partial charge is 0.311 e. The van der Waals surface area contributed by atoms with E-state index in [4.69, 9.17) is 16.7 Å². The molecule has 9 nitrogen and oxygen atoms in total. The molecule has 1 saturated heterocycles. The van der Waals surface area contributed by atoms with Crippen molar-refractivity contribution in [2.24, 2.45) is 11.1 Å². The quantitative estimate of drug-likeness (QED) is 0.477. The zero-order valence-electron chi connectivity index (χ0n) is 10.6. The molecular weight excluding hydrogens is 324 g/mol. The van der Waals surface area contributed by atoms with E-state index >= 15 is 0 Å². The molecule has 1 unspecified atom stereocenters. The molecule has 1 aliphatic rings. The molecule has 0 bridgehead atoms. The van der Waals surface area contributed by atoms with E-state index in [9.17, 15) is 23.3 Å². The molecule has 2 N–H and O–H groups in total. The van der Waals surface area contributed by atoms with Gasteiger partial charge < -0.3 is 4.90 Å². The van der Waals surface area contributed by atoms with Crippen LogP contribution in [0.4, 0.5) is 11.4 Å². The number of carbonyl (C=O) groups is 1. The molecule has 0 radical (unpaired) electrons. The highest BCUT2D eigenvalue weighted by molar-refractivity contribution is 7.89. The van der Waals surface area contributed by atoms with Crippen molar-refractivity contribution in [2.75, 3.05) is 17.2 Å². The summed E-state index contributed by atoms with van der Waals surface area (Å²) in [5.74, 6) is -1.30. The normalized spacial score (nSPS) is 19.0. The van der Waals surface area contributed by atoms with Crippen molar-refractivity contribution in [2.45, 2.75) is 6.42 Å². The van der Waals surface area contributed by atoms with Crippen LogP contribution in [0.2, 0.25) is 5.15 Å².